The molecule has 0 aliphatic carbocycles. The number of aryl methyl sites for hydroxylation is 1. The zero-order valence-corrected chi connectivity index (χ0v) is 14.4. The second-order valence-corrected chi connectivity index (χ2v) is 7.28. The molecule has 2 fully saturated rings. The highest BCUT2D eigenvalue weighted by Crippen LogP contribution is 2.27. The van der Waals surface area contributed by atoms with Crippen molar-refractivity contribution in [2.75, 3.05) is 38.1 Å². The third-order valence-corrected chi connectivity index (χ3v) is 5.88. The summed E-state index contributed by atoms with van der Waals surface area (Å²) in [6, 6.07) is 0.469. The highest BCUT2D eigenvalue weighted by atomic mass is 32.1. The van der Waals surface area contributed by atoms with Gasteiger partial charge in [-0.25, -0.2) is 4.98 Å². The number of hydrogen-bond donors (Lipinski definition) is 1. The zero-order chi connectivity index (χ0) is 15.5. The molecule has 2 saturated heterocycles. The van der Waals surface area contributed by atoms with Gasteiger partial charge in [-0.2, -0.15) is 0 Å². The molecule has 122 valence electrons. The third-order valence-electron chi connectivity index (χ3n) is 4.86. The smallest absolute Gasteiger partial charge is 0.225 e. The fourth-order valence-electron chi connectivity index (χ4n) is 3.48. The minimum Gasteiger partial charge on any atom is -0.348 e. The predicted octanol–water partition coefficient (Wildman–Crippen LogP) is 1.88. The van der Waals surface area contributed by atoms with Crippen molar-refractivity contribution in [3.05, 3.63) is 11.1 Å². The number of carbonyl (C=O) groups excluding carboxylic acids is 1. The number of hydrogen-bond acceptors (Lipinski definition) is 5. The normalized spacial score (nSPS) is 23.8. The molecule has 1 aromatic rings. The van der Waals surface area contributed by atoms with E-state index in [2.05, 4.69) is 25.5 Å². The van der Waals surface area contributed by atoms with Crippen LogP contribution in [0.2, 0.25) is 0 Å². The molecule has 0 bridgehead atoms. The van der Waals surface area contributed by atoms with Crippen LogP contribution >= 0.6 is 11.3 Å². The summed E-state index contributed by atoms with van der Waals surface area (Å²) >= 11 is 1.71. The fourth-order valence-corrected chi connectivity index (χ4v) is 4.33. The molecule has 22 heavy (non-hydrogen) atoms. The van der Waals surface area contributed by atoms with Crippen LogP contribution in [0.15, 0.2) is 5.38 Å². The number of amides is 1. The van der Waals surface area contributed by atoms with Gasteiger partial charge in [0.25, 0.3) is 0 Å². The number of piperidine rings is 2. The van der Waals surface area contributed by atoms with Gasteiger partial charge in [-0.05, 0) is 39.7 Å². The first-order valence-corrected chi connectivity index (χ1v) is 9.18. The van der Waals surface area contributed by atoms with Crippen LogP contribution < -0.4 is 10.2 Å². The summed E-state index contributed by atoms with van der Waals surface area (Å²) in [6.07, 6.45) is 4.22. The maximum Gasteiger partial charge on any atom is 0.225 e. The average molecular weight is 322 g/mol. The van der Waals surface area contributed by atoms with Gasteiger partial charge >= 0.3 is 0 Å². The van der Waals surface area contributed by atoms with Crippen molar-refractivity contribution in [2.24, 2.45) is 5.92 Å². The molecular weight excluding hydrogens is 296 g/mol. The van der Waals surface area contributed by atoms with Gasteiger partial charge in [0.2, 0.25) is 5.91 Å². The van der Waals surface area contributed by atoms with E-state index in [9.17, 15) is 4.79 Å². The number of carbonyl (C=O) groups is 1. The van der Waals surface area contributed by atoms with Crippen LogP contribution in [0.5, 0.6) is 0 Å². The molecular formula is C16H26N4OS. The van der Waals surface area contributed by atoms with Crippen molar-refractivity contribution in [1.82, 2.24) is 15.2 Å². The topological polar surface area (TPSA) is 48.5 Å². The highest BCUT2D eigenvalue weighted by Gasteiger charge is 2.31. The van der Waals surface area contributed by atoms with Crippen molar-refractivity contribution >= 4 is 22.4 Å². The summed E-state index contributed by atoms with van der Waals surface area (Å²) in [7, 11) is 1.99. The van der Waals surface area contributed by atoms with E-state index >= 15 is 0 Å². The summed E-state index contributed by atoms with van der Waals surface area (Å²) < 4.78 is 0. The van der Waals surface area contributed by atoms with E-state index in [1.165, 1.54) is 6.42 Å². The molecule has 3 rings (SSSR count). The first kappa shape index (κ1) is 15.7. The molecule has 1 aromatic heterocycles. The molecule has 6 heteroatoms. The number of likely N-dealkylation sites (N-methyl/N-ethyl adjacent to an activating group) is 1. The van der Waals surface area contributed by atoms with Gasteiger partial charge in [0.15, 0.2) is 5.13 Å². The van der Waals surface area contributed by atoms with Crippen LogP contribution in [0.1, 0.15) is 31.4 Å². The van der Waals surface area contributed by atoms with Crippen LogP contribution in [0.4, 0.5) is 5.13 Å². The van der Waals surface area contributed by atoms with E-state index in [1.54, 1.807) is 11.3 Å². The lowest BCUT2D eigenvalue weighted by molar-refractivity contribution is -0.137. The van der Waals surface area contributed by atoms with Gasteiger partial charge in [0.1, 0.15) is 0 Å². The monoisotopic (exact) mass is 322 g/mol. The van der Waals surface area contributed by atoms with E-state index in [0.717, 1.165) is 56.3 Å². The number of nitrogens with zero attached hydrogens (tertiary/aromatic N) is 3. The van der Waals surface area contributed by atoms with E-state index in [4.69, 9.17) is 0 Å². The molecule has 2 aliphatic rings. The minimum atomic E-state index is 0.202. The number of aromatic nitrogens is 1. The van der Waals surface area contributed by atoms with E-state index in [0.29, 0.717) is 11.9 Å². The summed E-state index contributed by atoms with van der Waals surface area (Å²) in [5, 5.41) is 6.52. The van der Waals surface area contributed by atoms with Crippen LogP contribution in [-0.2, 0) is 4.79 Å². The molecule has 1 amide bonds. The molecule has 2 aliphatic heterocycles. The molecule has 1 N–H and O–H groups in total. The highest BCUT2D eigenvalue weighted by molar-refractivity contribution is 7.13. The van der Waals surface area contributed by atoms with Gasteiger partial charge in [-0.1, -0.05) is 0 Å². The Kier molecular flexibility index (Phi) is 4.98. The third kappa shape index (κ3) is 3.43. The van der Waals surface area contributed by atoms with Gasteiger partial charge in [-0.3, -0.25) is 4.79 Å². The number of rotatable bonds is 3. The Hall–Kier alpha value is -1.14. The first-order valence-electron chi connectivity index (χ1n) is 8.30. The predicted molar refractivity (Wildman–Crippen MR) is 90.4 cm³/mol. The Morgan fingerprint density at radius 2 is 2.09 bits per heavy atom. The quantitative estimate of drug-likeness (QED) is 0.923. The van der Waals surface area contributed by atoms with Crippen LogP contribution in [0, 0.1) is 12.8 Å². The summed E-state index contributed by atoms with van der Waals surface area (Å²) in [4.78, 5) is 21.7. The molecule has 3 heterocycles. The second-order valence-electron chi connectivity index (χ2n) is 6.44. The molecule has 0 aromatic carbocycles. The SMILES string of the molecule is CNC1CCCN(C(=O)C2CCN(c3nc(C)cs3)CC2)C1. The Morgan fingerprint density at radius 3 is 2.73 bits per heavy atom. The zero-order valence-electron chi connectivity index (χ0n) is 13.5. The van der Waals surface area contributed by atoms with Crippen molar-refractivity contribution in [1.29, 1.82) is 0 Å². The standard InChI is InChI=1S/C16H26N4OS/c1-12-11-22-16(18-12)19-8-5-13(6-9-19)15(21)20-7-3-4-14(10-20)17-2/h11,13-14,17H,3-10H2,1-2H3. The first-order chi connectivity index (χ1) is 10.7. The Labute approximate surface area is 136 Å². The largest absolute Gasteiger partial charge is 0.348 e. The maximum atomic E-state index is 12.7. The molecule has 5 nitrogen and oxygen atoms in total. The molecule has 0 spiro atoms. The van der Waals surface area contributed by atoms with Gasteiger partial charge in [0, 0.05) is 43.5 Å². The Balaban J connectivity index is 1.53. The number of nitrogens with one attached hydrogen (secondary N) is 1. The molecule has 1 atom stereocenters. The van der Waals surface area contributed by atoms with Crippen LogP contribution in [0.25, 0.3) is 0 Å². The summed E-state index contributed by atoms with van der Waals surface area (Å²) in [6.45, 7) is 5.74. The second kappa shape index (κ2) is 6.96. The fraction of sp³-hybridized carbons (Fsp3) is 0.750. The van der Waals surface area contributed by atoms with Crippen LogP contribution in [-0.4, -0.2) is 55.1 Å². The summed E-state index contributed by atoms with van der Waals surface area (Å²) in [5.41, 5.74) is 1.09. The number of thiazole rings is 1. The van der Waals surface area contributed by atoms with Gasteiger partial charge in [-0.15, -0.1) is 11.3 Å². The van der Waals surface area contributed by atoms with Crippen LogP contribution in [0.3, 0.4) is 0 Å². The Morgan fingerprint density at radius 1 is 1.32 bits per heavy atom. The van der Waals surface area contributed by atoms with E-state index in [-0.39, 0.29) is 5.92 Å². The van der Waals surface area contributed by atoms with Gasteiger partial charge < -0.3 is 15.1 Å². The minimum absolute atomic E-state index is 0.202. The van der Waals surface area contributed by atoms with Crippen molar-refractivity contribution in [3.63, 3.8) is 0 Å². The lowest BCUT2D eigenvalue weighted by atomic mass is 9.94. The summed E-state index contributed by atoms with van der Waals surface area (Å²) in [5.74, 6) is 0.572. The van der Waals surface area contributed by atoms with Gasteiger partial charge in [0.05, 0.1) is 5.69 Å². The molecule has 0 saturated carbocycles. The number of anilines is 1. The number of likely N-dealkylation sites (tertiary alicyclic amines) is 1. The average Bonchev–Trinajstić information content (AvgIpc) is 3.01. The lowest BCUT2D eigenvalue weighted by Gasteiger charge is -2.37. The van der Waals surface area contributed by atoms with Crippen molar-refractivity contribution in [2.45, 2.75) is 38.6 Å². The lowest BCUT2D eigenvalue weighted by Crippen LogP contribution is -2.50. The van der Waals surface area contributed by atoms with Crippen molar-refractivity contribution < 1.29 is 4.79 Å². The van der Waals surface area contributed by atoms with Crippen molar-refractivity contribution in [3.8, 4) is 0 Å². The van der Waals surface area contributed by atoms with E-state index in [1.807, 2.05) is 14.0 Å². The molecule has 0 radical (unpaired) electrons. The maximum absolute atomic E-state index is 12.7. The van der Waals surface area contributed by atoms with E-state index < -0.39 is 0 Å². The molecule has 1 unspecified atom stereocenters. The Bertz CT molecular complexity index is 510.